The third-order valence-corrected chi connectivity index (χ3v) is 5.01. The molecule has 1 aliphatic rings. The van der Waals surface area contributed by atoms with Crippen molar-refractivity contribution in [3.8, 4) is 0 Å². The fourth-order valence-corrected chi connectivity index (χ4v) is 3.59. The molecule has 3 N–H and O–H groups in total. The molecule has 2 rings (SSSR count). The van der Waals surface area contributed by atoms with Crippen molar-refractivity contribution in [1.82, 2.24) is 20.4 Å². The van der Waals surface area contributed by atoms with Gasteiger partial charge in [0.25, 0.3) is 0 Å². The maximum absolute atomic E-state index is 10.4. The first-order valence-corrected chi connectivity index (χ1v) is 10.3. The number of hydrogen-bond donors (Lipinski definition) is 3. The highest BCUT2D eigenvalue weighted by Crippen LogP contribution is 2.23. The molecule has 0 bridgehead atoms. The zero-order chi connectivity index (χ0) is 19.6. The molecular formula is C19H31Cl2N5O. The molecule has 0 aliphatic carbocycles. The van der Waals surface area contributed by atoms with Crippen LogP contribution < -0.4 is 10.6 Å². The summed E-state index contributed by atoms with van der Waals surface area (Å²) in [4.78, 5) is 9.35. The molecule has 0 aromatic heterocycles. The van der Waals surface area contributed by atoms with Crippen LogP contribution >= 0.6 is 23.2 Å². The van der Waals surface area contributed by atoms with Crippen LogP contribution in [0.5, 0.6) is 0 Å². The lowest BCUT2D eigenvalue weighted by Crippen LogP contribution is -2.42. The molecule has 1 unspecified atom stereocenters. The van der Waals surface area contributed by atoms with Crippen LogP contribution in [0.3, 0.4) is 0 Å². The average molecular weight is 416 g/mol. The lowest BCUT2D eigenvalue weighted by Gasteiger charge is -2.21. The molecule has 1 atom stereocenters. The SMILES string of the molecule is CCNC(=NCC(O)c1cc(Cl)cc(Cl)c1)NCCN1CCCN(C)CC1. The first-order valence-electron chi connectivity index (χ1n) is 9.55. The first-order chi connectivity index (χ1) is 13.0. The Morgan fingerprint density at radius 1 is 1.15 bits per heavy atom. The van der Waals surface area contributed by atoms with Crippen molar-refractivity contribution in [2.24, 2.45) is 4.99 Å². The standard InChI is InChI=1S/C19H31Cl2N5O/c1-3-22-19(23-5-8-26-7-4-6-25(2)9-10-26)24-14-18(27)15-11-16(20)13-17(21)12-15/h11-13,18,27H,3-10,14H2,1-2H3,(H2,22,23,24). The predicted octanol–water partition coefficient (Wildman–Crippen LogP) is 2.22. The number of aliphatic hydroxyl groups is 1. The number of guanidine groups is 1. The average Bonchev–Trinajstić information content (AvgIpc) is 2.83. The summed E-state index contributed by atoms with van der Waals surface area (Å²) in [5, 5.41) is 18.0. The summed E-state index contributed by atoms with van der Waals surface area (Å²) >= 11 is 12.0. The van der Waals surface area contributed by atoms with Crippen molar-refractivity contribution in [1.29, 1.82) is 0 Å². The fourth-order valence-electron chi connectivity index (χ4n) is 3.05. The molecule has 8 heteroatoms. The van der Waals surface area contributed by atoms with Crippen LogP contribution in [0, 0.1) is 0 Å². The largest absolute Gasteiger partial charge is 0.386 e. The number of halogens is 2. The van der Waals surface area contributed by atoms with Gasteiger partial charge in [-0.15, -0.1) is 0 Å². The van der Waals surface area contributed by atoms with Gasteiger partial charge in [0, 0.05) is 42.8 Å². The van der Waals surface area contributed by atoms with Crippen LogP contribution in [0.4, 0.5) is 0 Å². The minimum atomic E-state index is -0.752. The van der Waals surface area contributed by atoms with Gasteiger partial charge in [0.05, 0.1) is 12.6 Å². The number of aliphatic hydroxyl groups excluding tert-OH is 1. The van der Waals surface area contributed by atoms with Gasteiger partial charge in [-0.25, -0.2) is 0 Å². The minimum absolute atomic E-state index is 0.237. The molecule has 27 heavy (non-hydrogen) atoms. The highest BCUT2D eigenvalue weighted by atomic mass is 35.5. The molecule has 152 valence electrons. The summed E-state index contributed by atoms with van der Waals surface area (Å²) in [5.41, 5.74) is 0.667. The zero-order valence-electron chi connectivity index (χ0n) is 16.2. The van der Waals surface area contributed by atoms with Crippen molar-refractivity contribution in [2.45, 2.75) is 19.4 Å². The zero-order valence-corrected chi connectivity index (χ0v) is 17.7. The fraction of sp³-hybridized carbons (Fsp3) is 0.632. The molecular weight excluding hydrogens is 385 g/mol. The van der Waals surface area contributed by atoms with Gasteiger partial charge in [-0.2, -0.15) is 0 Å². The molecule has 1 fully saturated rings. The maximum atomic E-state index is 10.4. The lowest BCUT2D eigenvalue weighted by molar-refractivity contribution is 0.187. The number of aliphatic imine (C=N–C) groups is 1. The highest BCUT2D eigenvalue weighted by molar-refractivity contribution is 6.34. The van der Waals surface area contributed by atoms with Crippen LogP contribution in [-0.2, 0) is 0 Å². The molecule has 1 aromatic rings. The minimum Gasteiger partial charge on any atom is -0.386 e. The molecule has 0 radical (unpaired) electrons. The van der Waals surface area contributed by atoms with Gasteiger partial charge in [-0.1, -0.05) is 23.2 Å². The summed E-state index contributed by atoms with van der Waals surface area (Å²) in [7, 11) is 2.18. The topological polar surface area (TPSA) is 63.1 Å². The third kappa shape index (κ3) is 8.23. The molecule has 1 saturated heterocycles. The van der Waals surface area contributed by atoms with Crippen LogP contribution in [0.25, 0.3) is 0 Å². The van der Waals surface area contributed by atoms with Crippen LogP contribution in [0.2, 0.25) is 10.0 Å². The molecule has 1 heterocycles. The van der Waals surface area contributed by atoms with Crippen LogP contribution in [-0.4, -0.2) is 80.3 Å². The van der Waals surface area contributed by atoms with Gasteiger partial charge < -0.3 is 25.5 Å². The van der Waals surface area contributed by atoms with Crippen molar-refractivity contribution in [2.75, 3.05) is 59.4 Å². The Morgan fingerprint density at radius 2 is 1.89 bits per heavy atom. The van der Waals surface area contributed by atoms with E-state index in [2.05, 4.69) is 32.5 Å². The second-order valence-corrected chi connectivity index (χ2v) is 7.74. The maximum Gasteiger partial charge on any atom is 0.191 e. The highest BCUT2D eigenvalue weighted by Gasteiger charge is 2.12. The Balaban J connectivity index is 1.84. The van der Waals surface area contributed by atoms with Gasteiger partial charge in [0.1, 0.15) is 0 Å². The first kappa shape index (κ1) is 22.2. The van der Waals surface area contributed by atoms with Gasteiger partial charge in [-0.05, 0) is 57.2 Å². The van der Waals surface area contributed by atoms with E-state index in [1.165, 1.54) is 13.0 Å². The van der Waals surface area contributed by atoms with Gasteiger partial charge in [0.2, 0.25) is 0 Å². The van der Waals surface area contributed by atoms with Crippen molar-refractivity contribution >= 4 is 29.2 Å². The van der Waals surface area contributed by atoms with Gasteiger partial charge in [0.15, 0.2) is 5.96 Å². The van der Waals surface area contributed by atoms with Crippen LogP contribution in [0.15, 0.2) is 23.2 Å². The summed E-state index contributed by atoms with van der Waals surface area (Å²) in [6.45, 7) is 9.32. The monoisotopic (exact) mass is 415 g/mol. The number of likely N-dealkylation sites (N-methyl/N-ethyl adjacent to an activating group) is 1. The van der Waals surface area contributed by atoms with E-state index < -0.39 is 6.10 Å². The lowest BCUT2D eigenvalue weighted by atomic mass is 10.1. The smallest absolute Gasteiger partial charge is 0.191 e. The summed E-state index contributed by atoms with van der Waals surface area (Å²) < 4.78 is 0. The molecule has 6 nitrogen and oxygen atoms in total. The molecule has 1 aromatic carbocycles. The van der Waals surface area contributed by atoms with E-state index >= 15 is 0 Å². The van der Waals surface area contributed by atoms with E-state index in [0.717, 1.165) is 39.3 Å². The Labute approximate surface area is 172 Å². The molecule has 1 aliphatic heterocycles. The van der Waals surface area contributed by atoms with E-state index in [4.69, 9.17) is 23.2 Å². The summed E-state index contributed by atoms with van der Waals surface area (Å²) in [6, 6.07) is 5.07. The number of nitrogens with one attached hydrogen (secondary N) is 2. The van der Waals surface area contributed by atoms with Crippen molar-refractivity contribution in [3.05, 3.63) is 33.8 Å². The normalized spacial score (nSPS) is 18.2. The van der Waals surface area contributed by atoms with Gasteiger partial charge >= 0.3 is 0 Å². The van der Waals surface area contributed by atoms with Crippen LogP contribution in [0.1, 0.15) is 25.0 Å². The summed E-state index contributed by atoms with van der Waals surface area (Å²) in [5.74, 6) is 0.705. The second kappa shape index (κ2) is 11.7. The number of hydrogen-bond acceptors (Lipinski definition) is 4. The molecule has 0 saturated carbocycles. The Morgan fingerprint density at radius 3 is 2.59 bits per heavy atom. The van der Waals surface area contributed by atoms with E-state index in [0.29, 0.717) is 21.6 Å². The van der Waals surface area contributed by atoms with E-state index in [9.17, 15) is 5.11 Å². The second-order valence-electron chi connectivity index (χ2n) is 6.86. The molecule has 0 spiro atoms. The predicted molar refractivity (Wildman–Crippen MR) is 114 cm³/mol. The summed E-state index contributed by atoms with van der Waals surface area (Å²) in [6.07, 6.45) is 0.455. The van der Waals surface area contributed by atoms with Gasteiger partial charge in [-0.3, -0.25) is 4.99 Å². The van der Waals surface area contributed by atoms with E-state index in [1.807, 2.05) is 6.92 Å². The third-order valence-electron chi connectivity index (χ3n) is 4.57. The molecule has 0 amide bonds. The Kier molecular flexibility index (Phi) is 9.65. The van der Waals surface area contributed by atoms with E-state index in [-0.39, 0.29) is 6.54 Å². The van der Waals surface area contributed by atoms with Crippen molar-refractivity contribution < 1.29 is 5.11 Å². The number of nitrogens with zero attached hydrogens (tertiary/aromatic N) is 3. The van der Waals surface area contributed by atoms with Crippen molar-refractivity contribution in [3.63, 3.8) is 0 Å². The number of benzene rings is 1. The number of rotatable bonds is 7. The Hall–Kier alpha value is -1.05. The quantitative estimate of drug-likeness (QED) is 0.470. The Bertz CT molecular complexity index is 594. The van der Waals surface area contributed by atoms with E-state index in [1.54, 1.807) is 18.2 Å².